The topological polar surface area (TPSA) is 104 Å². The van der Waals surface area contributed by atoms with E-state index in [0.717, 1.165) is 31.2 Å². The molecule has 1 unspecified atom stereocenters. The van der Waals surface area contributed by atoms with Crippen molar-refractivity contribution in [1.29, 1.82) is 0 Å². The molecule has 0 spiro atoms. The first-order chi connectivity index (χ1) is 13.1. The highest BCUT2D eigenvalue weighted by molar-refractivity contribution is 6.03. The molecule has 7 nitrogen and oxygen atoms in total. The van der Waals surface area contributed by atoms with Gasteiger partial charge in [-0.25, -0.2) is 9.78 Å². The molecule has 0 saturated heterocycles. The van der Waals surface area contributed by atoms with Crippen LogP contribution in [-0.4, -0.2) is 38.2 Å². The molecule has 1 atom stereocenters. The minimum atomic E-state index is -0.927. The number of para-hydroxylation sites is 1. The Labute approximate surface area is 159 Å². The molecule has 0 bridgehead atoms. The van der Waals surface area contributed by atoms with Crippen molar-refractivity contribution < 1.29 is 19.8 Å². The number of nitrogens with zero attached hydrogens (tertiary/aromatic N) is 2. The van der Waals surface area contributed by atoms with Gasteiger partial charge in [-0.15, -0.1) is 0 Å². The van der Waals surface area contributed by atoms with Gasteiger partial charge in [-0.1, -0.05) is 50.8 Å². The van der Waals surface area contributed by atoms with E-state index >= 15 is 0 Å². The molecule has 146 valence electrons. The van der Waals surface area contributed by atoms with Gasteiger partial charge in [0.15, 0.2) is 0 Å². The van der Waals surface area contributed by atoms with Crippen molar-refractivity contribution in [2.45, 2.75) is 51.5 Å². The average molecular weight is 373 g/mol. The van der Waals surface area contributed by atoms with Crippen LogP contribution in [0.5, 0.6) is 0 Å². The smallest absolute Gasteiger partial charge is 0.326 e. The summed E-state index contributed by atoms with van der Waals surface area (Å²) in [4.78, 5) is 28.1. The Bertz CT molecular complexity index is 757. The fourth-order valence-electron chi connectivity index (χ4n) is 2.96. The summed E-state index contributed by atoms with van der Waals surface area (Å²) < 4.78 is 1.49. The summed E-state index contributed by atoms with van der Waals surface area (Å²) in [6.45, 7) is 2.09. The number of aliphatic hydroxyl groups is 1. The summed E-state index contributed by atoms with van der Waals surface area (Å²) in [5.41, 5.74) is 1.60. The van der Waals surface area contributed by atoms with Crippen molar-refractivity contribution in [3.63, 3.8) is 0 Å². The Kier molecular flexibility index (Phi) is 8.00. The molecule has 1 heterocycles. The molecule has 1 amide bonds. The van der Waals surface area contributed by atoms with Gasteiger partial charge < -0.3 is 20.1 Å². The number of carboxylic acids is 1. The van der Waals surface area contributed by atoms with E-state index < -0.39 is 17.9 Å². The lowest BCUT2D eigenvalue weighted by molar-refractivity contribution is -0.141. The number of benzene rings is 1. The molecule has 0 aliphatic carbocycles. The van der Waals surface area contributed by atoms with Gasteiger partial charge in [0.2, 0.25) is 0 Å². The maximum Gasteiger partial charge on any atom is 0.326 e. The van der Waals surface area contributed by atoms with Gasteiger partial charge in [-0.2, -0.15) is 0 Å². The van der Waals surface area contributed by atoms with Gasteiger partial charge in [0, 0.05) is 18.5 Å². The Morgan fingerprint density at radius 2 is 2.00 bits per heavy atom. The van der Waals surface area contributed by atoms with Crippen LogP contribution in [0.25, 0.3) is 0 Å². The number of anilines is 1. The van der Waals surface area contributed by atoms with Crippen LogP contribution in [-0.2, 0) is 11.2 Å². The predicted octanol–water partition coefficient (Wildman–Crippen LogP) is 3.27. The van der Waals surface area contributed by atoms with Gasteiger partial charge in [0.25, 0.3) is 5.91 Å². The molecule has 3 N–H and O–H groups in total. The summed E-state index contributed by atoms with van der Waals surface area (Å²) in [7, 11) is 0. The number of unbranched alkanes of at least 4 members (excludes halogenated alkanes) is 3. The largest absolute Gasteiger partial charge is 0.480 e. The number of carboxylic acid groups (broad SMARTS) is 1. The van der Waals surface area contributed by atoms with Crippen molar-refractivity contribution >= 4 is 17.6 Å². The SMILES string of the molecule is CCCCCCC(C(=O)O)n1cnc(C(=O)Nc2ccccc2CCO)c1. The van der Waals surface area contributed by atoms with E-state index in [1.165, 1.54) is 17.1 Å². The lowest BCUT2D eigenvalue weighted by Crippen LogP contribution is -2.18. The second-order valence-electron chi connectivity index (χ2n) is 6.49. The molecule has 0 fully saturated rings. The minimum Gasteiger partial charge on any atom is -0.480 e. The number of hydrogen-bond acceptors (Lipinski definition) is 4. The van der Waals surface area contributed by atoms with Crippen molar-refractivity contribution in [3.05, 3.63) is 48.0 Å². The molecule has 2 rings (SSSR count). The van der Waals surface area contributed by atoms with Gasteiger partial charge in [-0.05, 0) is 24.5 Å². The van der Waals surface area contributed by atoms with Crippen LogP contribution in [0.4, 0.5) is 5.69 Å². The van der Waals surface area contributed by atoms with Gasteiger partial charge in [0.05, 0.1) is 6.33 Å². The highest BCUT2D eigenvalue weighted by atomic mass is 16.4. The van der Waals surface area contributed by atoms with E-state index in [1.54, 1.807) is 12.1 Å². The van der Waals surface area contributed by atoms with Gasteiger partial charge in [0.1, 0.15) is 11.7 Å². The van der Waals surface area contributed by atoms with Crippen LogP contribution >= 0.6 is 0 Å². The van der Waals surface area contributed by atoms with E-state index in [1.807, 2.05) is 12.1 Å². The summed E-state index contributed by atoms with van der Waals surface area (Å²) >= 11 is 0. The van der Waals surface area contributed by atoms with E-state index in [4.69, 9.17) is 5.11 Å². The zero-order chi connectivity index (χ0) is 19.6. The number of aliphatic carboxylic acids is 1. The summed E-state index contributed by atoms with van der Waals surface area (Å²) in [5.74, 6) is -1.33. The second-order valence-corrected chi connectivity index (χ2v) is 6.49. The normalized spacial score (nSPS) is 11.9. The molecular formula is C20H27N3O4. The van der Waals surface area contributed by atoms with Crippen LogP contribution < -0.4 is 5.32 Å². The highest BCUT2D eigenvalue weighted by Gasteiger charge is 2.21. The van der Waals surface area contributed by atoms with Gasteiger partial charge >= 0.3 is 5.97 Å². The van der Waals surface area contributed by atoms with E-state index in [0.29, 0.717) is 18.5 Å². The molecule has 1 aromatic heterocycles. The summed E-state index contributed by atoms with van der Waals surface area (Å²) in [6, 6.07) is 6.50. The molecule has 0 saturated carbocycles. The lowest BCUT2D eigenvalue weighted by atomic mass is 10.1. The number of hydrogen-bond donors (Lipinski definition) is 3. The van der Waals surface area contributed by atoms with Crippen LogP contribution in [0.3, 0.4) is 0 Å². The van der Waals surface area contributed by atoms with Crippen molar-refractivity contribution in [1.82, 2.24) is 9.55 Å². The first-order valence-electron chi connectivity index (χ1n) is 9.33. The zero-order valence-electron chi connectivity index (χ0n) is 15.6. The van der Waals surface area contributed by atoms with Crippen molar-refractivity contribution in [2.24, 2.45) is 0 Å². The molecule has 27 heavy (non-hydrogen) atoms. The number of aliphatic hydroxyl groups excluding tert-OH is 1. The number of amides is 1. The third-order valence-electron chi connectivity index (χ3n) is 4.46. The fourth-order valence-corrected chi connectivity index (χ4v) is 2.96. The van der Waals surface area contributed by atoms with Crippen molar-refractivity contribution in [3.8, 4) is 0 Å². The third-order valence-corrected chi connectivity index (χ3v) is 4.46. The third kappa shape index (κ3) is 5.92. The fraction of sp³-hybridized carbons (Fsp3) is 0.450. The number of nitrogens with one attached hydrogen (secondary N) is 1. The number of carbonyl (C=O) groups excluding carboxylic acids is 1. The molecular weight excluding hydrogens is 346 g/mol. The van der Waals surface area contributed by atoms with Crippen LogP contribution in [0.15, 0.2) is 36.8 Å². The van der Waals surface area contributed by atoms with Crippen LogP contribution in [0.2, 0.25) is 0 Å². The maximum atomic E-state index is 12.5. The lowest BCUT2D eigenvalue weighted by Gasteiger charge is -2.13. The first-order valence-corrected chi connectivity index (χ1v) is 9.33. The summed E-state index contributed by atoms with van der Waals surface area (Å²) in [5, 5.41) is 21.4. The van der Waals surface area contributed by atoms with E-state index in [9.17, 15) is 14.7 Å². The Morgan fingerprint density at radius 1 is 1.22 bits per heavy atom. The Morgan fingerprint density at radius 3 is 2.70 bits per heavy atom. The molecule has 0 aliphatic rings. The van der Waals surface area contributed by atoms with Crippen LogP contribution in [0, 0.1) is 0 Å². The van der Waals surface area contributed by atoms with E-state index in [-0.39, 0.29) is 12.3 Å². The zero-order valence-corrected chi connectivity index (χ0v) is 15.6. The maximum absolute atomic E-state index is 12.5. The Hall–Kier alpha value is -2.67. The molecule has 0 radical (unpaired) electrons. The quantitative estimate of drug-likeness (QED) is 0.524. The second kappa shape index (κ2) is 10.5. The van der Waals surface area contributed by atoms with Crippen molar-refractivity contribution in [2.75, 3.05) is 11.9 Å². The van der Waals surface area contributed by atoms with Crippen LogP contribution in [0.1, 0.15) is 61.1 Å². The van der Waals surface area contributed by atoms with Gasteiger partial charge in [-0.3, -0.25) is 4.79 Å². The van der Waals surface area contributed by atoms with E-state index in [2.05, 4.69) is 17.2 Å². The number of imidazole rings is 1. The molecule has 1 aromatic carbocycles. The highest BCUT2D eigenvalue weighted by Crippen LogP contribution is 2.19. The number of carbonyl (C=O) groups is 2. The summed E-state index contributed by atoms with van der Waals surface area (Å²) in [6.07, 6.45) is 7.79. The minimum absolute atomic E-state index is 0.0141. The molecule has 7 heteroatoms. The molecule has 2 aromatic rings. The molecule has 0 aliphatic heterocycles. The number of rotatable bonds is 11. The Balaban J connectivity index is 2.06. The standard InChI is InChI=1S/C20H27N3O4/c1-2-3-4-5-10-18(20(26)27)23-13-17(21-14-23)19(25)22-16-9-7-6-8-15(16)11-12-24/h6-9,13-14,18,24H,2-5,10-12H2,1H3,(H,22,25)(H,26,27). The number of aromatic nitrogens is 2. The predicted molar refractivity (Wildman–Crippen MR) is 103 cm³/mol. The monoisotopic (exact) mass is 373 g/mol. The first kappa shape index (κ1) is 20.6. The average Bonchev–Trinajstić information content (AvgIpc) is 3.13.